The zero-order valence-electron chi connectivity index (χ0n) is 21.9. The number of anilines is 1. The lowest BCUT2D eigenvalue weighted by molar-refractivity contribution is -0.385. The summed E-state index contributed by atoms with van der Waals surface area (Å²) in [7, 11) is -4.27. The van der Waals surface area contributed by atoms with E-state index in [1.54, 1.807) is 24.3 Å². The molecule has 5 rings (SSSR count). The monoisotopic (exact) mass is 590 g/mol. The number of hydrogen-bond donors (Lipinski definition) is 1. The van der Waals surface area contributed by atoms with Crippen LogP contribution in [0.15, 0.2) is 102 Å². The molecular weight excluding hydrogens is 564 g/mol. The molecule has 0 saturated carbocycles. The molecule has 0 spiro atoms. The zero-order valence-corrected chi connectivity index (χ0v) is 23.5. The molecule has 11 heteroatoms. The number of nitrogens with zero attached hydrogens (tertiary/aromatic N) is 3. The van der Waals surface area contributed by atoms with Crippen LogP contribution in [0.2, 0.25) is 5.02 Å². The van der Waals surface area contributed by atoms with Crippen LogP contribution in [0.1, 0.15) is 15.9 Å². The fraction of sp³-hybridized carbons (Fsp3) is 0.167. The van der Waals surface area contributed by atoms with Gasteiger partial charge in [0, 0.05) is 61.1 Å². The van der Waals surface area contributed by atoms with Crippen molar-refractivity contribution >= 4 is 38.9 Å². The molecule has 210 valence electrons. The summed E-state index contributed by atoms with van der Waals surface area (Å²) in [6, 6.07) is 27.5. The molecule has 0 radical (unpaired) electrons. The number of rotatable bonds is 8. The third kappa shape index (κ3) is 6.74. The molecule has 41 heavy (non-hydrogen) atoms. The Labute approximate surface area is 243 Å². The molecule has 4 aromatic rings. The Balaban J connectivity index is 1.19. The Kier molecular flexibility index (Phi) is 8.34. The van der Waals surface area contributed by atoms with Crippen LogP contribution in [0.5, 0.6) is 0 Å². The lowest BCUT2D eigenvalue weighted by atomic mass is 9.99. The maximum Gasteiger partial charge on any atom is 0.270 e. The van der Waals surface area contributed by atoms with Crippen molar-refractivity contribution in [2.75, 3.05) is 31.1 Å². The highest BCUT2D eigenvalue weighted by atomic mass is 35.5. The number of nitrogens with one attached hydrogen (secondary N) is 1. The summed E-state index contributed by atoms with van der Waals surface area (Å²) in [5.41, 5.74) is 4.29. The van der Waals surface area contributed by atoms with Crippen molar-refractivity contribution in [3.05, 3.63) is 123 Å². The molecule has 1 amide bonds. The van der Waals surface area contributed by atoms with Gasteiger partial charge in [-0.15, -0.1) is 0 Å². The van der Waals surface area contributed by atoms with Gasteiger partial charge in [-0.1, -0.05) is 54.1 Å². The number of nitro benzene ring substituents is 1. The van der Waals surface area contributed by atoms with Crippen molar-refractivity contribution in [1.82, 2.24) is 9.62 Å². The highest BCUT2D eigenvalue weighted by Gasteiger charge is 2.22. The van der Waals surface area contributed by atoms with Gasteiger partial charge in [0.25, 0.3) is 21.6 Å². The van der Waals surface area contributed by atoms with Gasteiger partial charge in [0.1, 0.15) is 0 Å². The fourth-order valence-electron chi connectivity index (χ4n) is 4.80. The van der Waals surface area contributed by atoms with E-state index in [1.165, 1.54) is 29.3 Å². The summed E-state index contributed by atoms with van der Waals surface area (Å²) in [5.74, 6) is -0.813. The van der Waals surface area contributed by atoms with E-state index in [2.05, 4.69) is 28.0 Å². The minimum Gasteiger partial charge on any atom is -0.369 e. The zero-order chi connectivity index (χ0) is 29.0. The van der Waals surface area contributed by atoms with Crippen LogP contribution < -0.4 is 9.62 Å². The maximum atomic E-state index is 12.7. The molecule has 0 atom stereocenters. The van der Waals surface area contributed by atoms with Gasteiger partial charge in [-0.2, -0.15) is 0 Å². The second-order valence-electron chi connectivity index (χ2n) is 9.66. The molecule has 0 unspecified atom stereocenters. The third-order valence-corrected chi connectivity index (χ3v) is 8.58. The Morgan fingerprint density at radius 1 is 0.878 bits per heavy atom. The van der Waals surface area contributed by atoms with Crippen LogP contribution in [0.25, 0.3) is 11.1 Å². The smallest absolute Gasteiger partial charge is 0.270 e. The minimum absolute atomic E-state index is 0.167. The van der Waals surface area contributed by atoms with E-state index in [-0.39, 0.29) is 16.1 Å². The van der Waals surface area contributed by atoms with Crippen LogP contribution in [0, 0.1) is 10.1 Å². The van der Waals surface area contributed by atoms with E-state index in [1.807, 2.05) is 35.1 Å². The number of hydrogen-bond acceptors (Lipinski definition) is 7. The molecule has 1 heterocycles. The Bertz CT molecular complexity index is 1670. The number of non-ortho nitro benzene ring substituents is 1. The van der Waals surface area contributed by atoms with Crippen LogP contribution >= 0.6 is 11.6 Å². The van der Waals surface area contributed by atoms with Crippen molar-refractivity contribution in [2.24, 2.45) is 0 Å². The van der Waals surface area contributed by atoms with Gasteiger partial charge in [-0.25, -0.2) is 13.1 Å². The van der Waals surface area contributed by atoms with Crippen LogP contribution in [0.4, 0.5) is 11.4 Å². The van der Waals surface area contributed by atoms with Crippen molar-refractivity contribution in [1.29, 1.82) is 0 Å². The summed E-state index contributed by atoms with van der Waals surface area (Å²) in [4.78, 5) is 27.2. The first-order chi connectivity index (χ1) is 19.7. The van der Waals surface area contributed by atoms with Crippen molar-refractivity contribution in [3.8, 4) is 11.1 Å². The Morgan fingerprint density at radius 2 is 1.56 bits per heavy atom. The average Bonchev–Trinajstić information content (AvgIpc) is 2.98. The van der Waals surface area contributed by atoms with E-state index in [0.29, 0.717) is 5.02 Å². The summed E-state index contributed by atoms with van der Waals surface area (Å²) in [6.07, 6.45) is 0. The molecule has 4 aromatic carbocycles. The molecule has 0 aliphatic carbocycles. The van der Waals surface area contributed by atoms with Gasteiger partial charge in [-0.3, -0.25) is 19.8 Å². The normalized spacial score (nSPS) is 14.0. The Hall–Kier alpha value is -4.25. The lowest BCUT2D eigenvalue weighted by Gasteiger charge is -2.36. The molecule has 1 N–H and O–H groups in total. The van der Waals surface area contributed by atoms with Gasteiger partial charge >= 0.3 is 0 Å². The topological polar surface area (TPSA) is 113 Å². The number of benzene rings is 4. The van der Waals surface area contributed by atoms with E-state index in [9.17, 15) is 23.3 Å². The molecule has 1 aliphatic heterocycles. The van der Waals surface area contributed by atoms with E-state index in [0.717, 1.165) is 50.0 Å². The molecule has 0 bridgehead atoms. The highest BCUT2D eigenvalue weighted by Crippen LogP contribution is 2.27. The highest BCUT2D eigenvalue weighted by molar-refractivity contribution is 7.90. The van der Waals surface area contributed by atoms with Gasteiger partial charge in [0.2, 0.25) is 0 Å². The standard InChI is InChI=1S/C30H27ClN4O5S/c31-25-12-8-22(9-13-25)29-7-2-1-4-24(29)21-33-16-18-34(19-17-33)26-14-10-23(11-15-26)30(36)32-41(39,40)28-6-3-5-27(20-28)35(37)38/h1-15,20H,16-19,21H2,(H,32,36). The first-order valence-electron chi connectivity index (χ1n) is 12.9. The first-order valence-corrected chi connectivity index (χ1v) is 14.8. The largest absolute Gasteiger partial charge is 0.369 e. The number of nitro groups is 1. The van der Waals surface area contributed by atoms with Gasteiger partial charge < -0.3 is 4.90 Å². The van der Waals surface area contributed by atoms with Crippen LogP contribution in [-0.2, 0) is 16.6 Å². The number of carbonyl (C=O) groups excluding carboxylic acids is 1. The molecule has 0 aromatic heterocycles. The van der Waals surface area contributed by atoms with Gasteiger partial charge in [-0.05, 0) is 59.2 Å². The van der Waals surface area contributed by atoms with Gasteiger partial charge in [0.15, 0.2) is 0 Å². The summed E-state index contributed by atoms with van der Waals surface area (Å²) in [5, 5.41) is 11.7. The van der Waals surface area contributed by atoms with E-state index in [4.69, 9.17) is 11.6 Å². The van der Waals surface area contributed by atoms with Gasteiger partial charge in [0.05, 0.1) is 9.82 Å². The van der Waals surface area contributed by atoms with Crippen molar-refractivity contribution in [2.45, 2.75) is 11.4 Å². The lowest BCUT2D eigenvalue weighted by Crippen LogP contribution is -2.46. The molecule has 9 nitrogen and oxygen atoms in total. The fourth-order valence-corrected chi connectivity index (χ4v) is 5.94. The molecule has 1 aliphatic rings. The maximum absolute atomic E-state index is 12.7. The quantitative estimate of drug-likeness (QED) is 0.217. The second kappa shape index (κ2) is 12.1. The molecule has 1 fully saturated rings. The van der Waals surface area contributed by atoms with E-state index >= 15 is 0 Å². The van der Waals surface area contributed by atoms with Crippen molar-refractivity contribution < 1.29 is 18.1 Å². The summed E-state index contributed by atoms with van der Waals surface area (Å²) in [6.45, 7) is 4.15. The number of sulfonamides is 1. The number of amides is 1. The number of carbonyl (C=O) groups is 1. The SMILES string of the molecule is O=C(NS(=O)(=O)c1cccc([N+](=O)[O-])c1)c1ccc(N2CCN(Cc3ccccc3-c3ccc(Cl)cc3)CC2)cc1. The van der Waals surface area contributed by atoms with E-state index < -0.39 is 20.9 Å². The predicted octanol–water partition coefficient (Wildman–Crippen LogP) is 5.36. The first kappa shape index (κ1) is 28.3. The summed E-state index contributed by atoms with van der Waals surface area (Å²) < 4.78 is 27.2. The summed E-state index contributed by atoms with van der Waals surface area (Å²) >= 11 is 6.07. The van der Waals surface area contributed by atoms with Crippen LogP contribution in [-0.4, -0.2) is 50.3 Å². The molecular formula is C30H27ClN4O5S. The minimum atomic E-state index is -4.27. The second-order valence-corrected chi connectivity index (χ2v) is 11.8. The number of piperazine rings is 1. The van der Waals surface area contributed by atoms with Crippen LogP contribution in [0.3, 0.4) is 0 Å². The molecule has 1 saturated heterocycles. The van der Waals surface area contributed by atoms with Crippen molar-refractivity contribution in [3.63, 3.8) is 0 Å². The Morgan fingerprint density at radius 3 is 2.24 bits per heavy atom. The number of halogens is 1. The predicted molar refractivity (Wildman–Crippen MR) is 159 cm³/mol. The third-order valence-electron chi connectivity index (χ3n) is 7.00. The average molecular weight is 591 g/mol.